The van der Waals surface area contributed by atoms with Gasteiger partial charge in [-0.1, -0.05) is 13.8 Å². The van der Waals surface area contributed by atoms with Crippen molar-refractivity contribution in [1.29, 1.82) is 0 Å². The zero-order valence-electron chi connectivity index (χ0n) is 12.6. The molecule has 5 aliphatic carbocycles. The number of rotatable bonds is 3. The van der Waals surface area contributed by atoms with Crippen LogP contribution in [0.5, 0.6) is 0 Å². The van der Waals surface area contributed by atoms with E-state index >= 15 is 0 Å². The highest BCUT2D eigenvalue weighted by Gasteiger charge is 3.02. The maximum Gasteiger partial charge on any atom is 0.316 e. The number of methoxy groups -OCH3 is 1. The highest BCUT2D eigenvalue weighted by atomic mass is 16.5. The molecule has 110 valence electrons. The van der Waals surface area contributed by atoms with Crippen LogP contribution >= 0.6 is 0 Å². The Morgan fingerprint density at radius 2 is 1.95 bits per heavy atom. The molecule has 0 aromatic heterocycles. The van der Waals surface area contributed by atoms with Gasteiger partial charge in [-0.15, -0.1) is 0 Å². The molecule has 0 amide bonds. The molecular weight excluding hydrogens is 256 g/mol. The molecule has 4 bridgehead atoms. The van der Waals surface area contributed by atoms with Gasteiger partial charge in [-0.05, 0) is 31.6 Å². The smallest absolute Gasteiger partial charge is 0.316 e. The van der Waals surface area contributed by atoms with E-state index in [1.807, 2.05) is 6.92 Å². The van der Waals surface area contributed by atoms with Crippen molar-refractivity contribution in [3.8, 4) is 0 Å². The minimum atomic E-state index is -0.665. The Labute approximate surface area is 119 Å². The molecule has 4 atom stereocenters. The average molecular weight is 278 g/mol. The molecule has 5 saturated carbocycles. The second-order valence-electron chi connectivity index (χ2n) is 7.71. The van der Waals surface area contributed by atoms with Gasteiger partial charge < -0.3 is 9.47 Å². The number of fused-ring (bicyclic) bond motifs is 1. The Hall–Kier alpha value is -0.900. The molecule has 5 fully saturated rings. The van der Waals surface area contributed by atoms with Gasteiger partial charge in [-0.3, -0.25) is 9.59 Å². The predicted octanol–water partition coefficient (Wildman–Crippen LogP) is 1.96. The quantitative estimate of drug-likeness (QED) is 0.741. The number of hydrogen-bond donors (Lipinski definition) is 0. The molecule has 0 heterocycles. The minimum absolute atomic E-state index is 0.0152. The number of esters is 1. The van der Waals surface area contributed by atoms with E-state index in [-0.39, 0.29) is 34.4 Å². The van der Waals surface area contributed by atoms with Crippen molar-refractivity contribution in [1.82, 2.24) is 0 Å². The van der Waals surface area contributed by atoms with Crippen molar-refractivity contribution in [2.75, 3.05) is 13.7 Å². The maximum absolute atomic E-state index is 12.9. The second kappa shape index (κ2) is 3.13. The van der Waals surface area contributed by atoms with E-state index in [1.165, 1.54) is 7.11 Å². The molecule has 20 heavy (non-hydrogen) atoms. The Bertz CT molecular complexity index is 533. The minimum Gasteiger partial charge on any atom is -0.468 e. The van der Waals surface area contributed by atoms with E-state index in [2.05, 4.69) is 13.8 Å². The zero-order chi connectivity index (χ0) is 14.6. The number of hydrogen-bond acceptors (Lipinski definition) is 4. The summed E-state index contributed by atoms with van der Waals surface area (Å²) in [5.74, 6) is -0.179. The van der Waals surface area contributed by atoms with Crippen LogP contribution < -0.4 is 0 Å². The summed E-state index contributed by atoms with van der Waals surface area (Å²) in [5, 5.41) is 0. The first kappa shape index (κ1) is 12.8. The van der Waals surface area contributed by atoms with Crippen LogP contribution in [0.25, 0.3) is 0 Å². The third-order valence-corrected chi connectivity index (χ3v) is 6.59. The van der Waals surface area contributed by atoms with E-state index in [0.717, 1.165) is 19.3 Å². The first-order valence-corrected chi connectivity index (χ1v) is 7.62. The van der Waals surface area contributed by atoms with E-state index in [9.17, 15) is 9.59 Å². The third kappa shape index (κ3) is 0.902. The first-order chi connectivity index (χ1) is 9.35. The van der Waals surface area contributed by atoms with Gasteiger partial charge >= 0.3 is 5.97 Å². The van der Waals surface area contributed by atoms with Crippen molar-refractivity contribution in [2.24, 2.45) is 28.1 Å². The molecule has 0 saturated heterocycles. The lowest BCUT2D eigenvalue weighted by Gasteiger charge is -2.49. The number of Topliss-reactive ketones (excluding diaryl/α,β-unsaturated/α-hetero) is 1. The Balaban J connectivity index is 1.93. The molecule has 0 radical (unpaired) electrons. The van der Waals surface area contributed by atoms with Crippen LogP contribution in [-0.2, 0) is 19.1 Å². The molecule has 0 aliphatic heterocycles. The Kier molecular flexibility index (Phi) is 2.01. The van der Waals surface area contributed by atoms with E-state index in [1.54, 1.807) is 0 Å². The molecular formula is C16H22O4. The monoisotopic (exact) mass is 278 g/mol. The normalized spacial score (nSPS) is 48.3. The van der Waals surface area contributed by atoms with Gasteiger partial charge in [0.15, 0.2) is 0 Å². The highest BCUT2D eigenvalue weighted by molar-refractivity contribution is 6.07. The largest absolute Gasteiger partial charge is 0.468 e. The topological polar surface area (TPSA) is 52.6 Å². The Morgan fingerprint density at radius 3 is 2.45 bits per heavy atom. The van der Waals surface area contributed by atoms with Crippen LogP contribution in [0, 0.1) is 28.1 Å². The summed E-state index contributed by atoms with van der Waals surface area (Å²) in [5.41, 5.74) is -1.49. The van der Waals surface area contributed by atoms with Crippen LogP contribution in [0.4, 0.5) is 0 Å². The van der Waals surface area contributed by atoms with Gasteiger partial charge in [0, 0.05) is 17.9 Å². The van der Waals surface area contributed by atoms with Crippen molar-refractivity contribution in [2.45, 2.75) is 45.6 Å². The fourth-order valence-electron chi connectivity index (χ4n) is 6.46. The van der Waals surface area contributed by atoms with Gasteiger partial charge in [0.2, 0.25) is 0 Å². The summed E-state index contributed by atoms with van der Waals surface area (Å²) in [7, 11) is 1.43. The molecule has 5 aliphatic rings. The first-order valence-electron chi connectivity index (χ1n) is 7.62. The lowest BCUT2D eigenvalue weighted by molar-refractivity contribution is -0.172. The summed E-state index contributed by atoms with van der Waals surface area (Å²) in [6.07, 6.45) is 2.73. The van der Waals surface area contributed by atoms with Crippen LogP contribution in [0.3, 0.4) is 0 Å². The summed E-state index contributed by atoms with van der Waals surface area (Å²) in [4.78, 5) is 25.5. The maximum atomic E-state index is 12.9. The Morgan fingerprint density at radius 1 is 1.30 bits per heavy atom. The van der Waals surface area contributed by atoms with Crippen molar-refractivity contribution < 1.29 is 19.1 Å². The predicted molar refractivity (Wildman–Crippen MR) is 70.9 cm³/mol. The molecule has 4 nitrogen and oxygen atoms in total. The van der Waals surface area contributed by atoms with E-state index < -0.39 is 11.0 Å². The van der Waals surface area contributed by atoms with Crippen LogP contribution in [0.1, 0.15) is 40.0 Å². The fraction of sp³-hybridized carbons (Fsp3) is 0.875. The second-order valence-corrected chi connectivity index (χ2v) is 7.71. The van der Waals surface area contributed by atoms with Crippen molar-refractivity contribution in [3.63, 3.8) is 0 Å². The van der Waals surface area contributed by atoms with Gasteiger partial charge in [0.25, 0.3) is 0 Å². The number of ether oxygens (including phenoxy) is 2. The average Bonchev–Trinajstić information content (AvgIpc) is 3.19. The van der Waals surface area contributed by atoms with Crippen LogP contribution in [-0.4, -0.2) is 31.1 Å². The fourth-order valence-corrected chi connectivity index (χ4v) is 6.46. The van der Waals surface area contributed by atoms with Crippen LogP contribution in [0.2, 0.25) is 0 Å². The lowest BCUT2D eigenvalue weighted by Crippen LogP contribution is -2.55. The summed E-state index contributed by atoms with van der Waals surface area (Å²) in [6, 6.07) is 0. The summed E-state index contributed by atoms with van der Waals surface area (Å²) >= 11 is 0. The number of carbonyl (C=O) groups is 2. The number of carbonyl (C=O) groups excluding carboxylic acids is 2. The van der Waals surface area contributed by atoms with Gasteiger partial charge in [0.05, 0.1) is 18.6 Å². The molecule has 0 aromatic rings. The zero-order valence-corrected chi connectivity index (χ0v) is 12.6. The molecule has 4 heteroatoms. The SMILES string of the molecule is CCO[C@@]12CC(C)(C)[C@H]3C(=O)[C@@H]1[C@]2(C(=O)OC)C31CC1. The molecule has 0 unspecified atom stereocenters. The highest BCUT2D eigenvalue weighted by Crippen LogP contribution is 2.93. The summed E-state index contributed by atoms with van der Waals surface area (Å²) in [6.45, 7) is 6.80. The van der Waals surface area contributed by atoms with Crippen LogP contribution in [0.15, 0.2) is 0 Å². The van der Waals surface area contributed by atoms with E-state index in [0.29, 0.717) is 6.61 Å². The molecule has 1 spiro atoms. The summed E-state index contributed by atoms with van der Waals surface area (Å²) < 4.78 is 11.2. The van der Waals surface area contributed by atoms with Crippen molar-refractivity contribution >= 4 is 11.8 Å². The molecule has 5 rings (SSSR count). The van der Waals surface area contributed by atoms with Gasteiger partial charge in [0.1, 0.15) is 11.2 Å². The molecule has 0 aromatic carbocycles. The van der Waals surface area contributed by atoms with Gasteiger partial charge in [-0.25, -0.2) is 0 Å². The molecule has 0 N–H and O–H groups in total. The standard InChI is InChI=1S/C16H22O4/c1-5-20-15-8-13(2,3)10-9(17)11(15)16(15,12(18)19-4)14(10)6-7-14/h10-11H,5-8H2,1-4H3/t10-,11+,15+,16+/m1/s1. The van der Waals surface area contributed by atoms with Crippen molar-refractivity contribution in [3.05, 3.63) is 0 Å². The third-order valence-electron chi connectivity index (χ3n) is 6.59. The van der Waals surface area contributed by atoms with E-state index in [4.69, 9.17) is 9.47 Å². The van der Waals surface area contributed by atoms with Gasteiger partial charge in [-0.2, -0.15) is 0 Å². The number of ketones is 1. The lowest BCUT2D eigenvalue weighted by atomic mass is 9.56.